The maximum absolute atomic E-state index is 12.5. The molecule has 0 amide bonds. The van der Waals surface area contributed by atoms with Crippen molar-refractivity contribution in [2.24, 2.45) is 0 Å². The van der Waals surface area contributed by atoms with Crippen molar-refractivity contribution in [3.05, 3.63) is 35.9 Å². The van der Waals surface area contributed by atoms with E-state index < -0.39 is 10.0 Å². The molecule has 0 bridgehead atoms. The normalized spacial score (nSPS) is 22.1. The second-order valence-electron chi connectivity index (χ2n) is 5.01. The number of benzene rings is 1. The van der Waals surface area contributed by atoms with E-state index >= 15 is 0 Å². The molecule has 1 aliphatic heterocycles. The molecule has 1 unspecified atom stereocenters. The predicted octanol–water partition coefficient (Wildman–Crippen LogP) is 3.00. The van der Waals surface area contributed by atoms with Gasteiger partial charge in [0.15, 0.2) is 0 Å². The maximum atomic E-state index is 12.5. The monoisotopic (exact) mass is 301 g/mol. The van der Waals surface area contributed by atoms with Crippen molar-refractivity contribution in [1.82, 2.24) is 4.31 Å². The molecule has 0 radical (unpaired) electrons. The van der Waals surface area contributed by atoms with Crippen LogP contribution in [-0.2, 0) is 15.8 Å². The lowest BCUT2D eigenvalue weighted by Crippen LogP contribution is -2.41. The molecular weight excluding hydrogens is 282 g/mol. The third kappa shape index (κ3) is 3.94. The van der Waals surface area contributed by atoms with E-state index in [2.05, 4.69) is 0 Å². The van der Waals surface area contributed by atoms with Crippen LogP contribution >= 0.6 is 11.6 Å². The van der Waals surface area contributed by atoms with E-state index in [1.54, 1.807) is 4.31 Å². The highest BCUT2D eigenvalue weighted by atomic mass is 35.5. The summed E-state index contributed by atoms with van der Waals surface area (Å²) in [6.07, 6.45) is 3.96. The summed E-state index contributed by atoms with van der Waals surface area (Å²) in [6.45, 7) is 0.604. The van der Waals surface area contributed by atoms with Gasteiger partial charge in [-0.05, 0) is 18.4 Å². The fraction of sp³-hybridized carbons (Fsp3) is 0.571. The number of sulfonamides is 1. The van der Waals surface area contributed by atoms with Gasteiger partial charge < -0.3 is 0 Å². The summed E-state index contributed by atoms with van der Waals surface area (Å²) in [5.74, 6) is 0.454. The van der Waals surface area contributed by atoms with Crippen LogP contribution in [0.5, 0.6) is 0 Å². The molecule has 2 rings (SSSR count). The third-order valence-corrected chi connectivity index (χ3v) is 5.80. The lowest BCUT2D eigenvalue weighted by atomic mass is 10.1. The van der Waals surface area contributed by atoms with Crippen LogP contribution in [0.1, 0.15) is 31.2 Å². The van der Waals surface area contributed by atoms with Crippen molar-refractivity contribution in [3.8, 4) is 0 Å². The molecule has 5 heteroatoms. The van der Waals surface area contributed by atoms with Crippen molar-refractivity contribution in [2.75, 3.05) is 12.4 Å². The Morgan fingerprint density at radius 3 is 2.58 bits per heavy atom. The Balaban J connectivity index is 2.17. The Hall–Kier alpha value is -0.580. The lowest BCUT2D eigenvalue weighted by molar-refractivity contribution is 0.344. The molecule has 0 N–H and O–H groups in total. The summed E-state index contributed by atoms with van der Waals surface area (Å²) < 4.78 is 26.7. The van der Waals surface area contributed by atoms with Crippen LogP contribution in [0.2, 0.25) is 0 Å². The Kier molecular flexibility index (Phi) is 5.25. The number of alkyl halides is 1. The number of hydrogen-bond donors (Lipinski definition) is 0. The Morgan fingerprint density at radius 2 is 1.89 bits per heavy atom. The molecular formula is C14H20ClNO2S. The van der Waals surface area contributed by atoms with Gasteiger partial charge in [-0.1, -0.05) is 43.2 Å². The van der Waals surface area contributed by atoms with Gasteiger partial charge in [-0.25, -0.2) is 8.42 Å². The van der Waals surface area contributed by atoms with Gasteiger partial charge in [-0.3, -0.25) is 0 Å². The standard InChI is InChI=1S/C14H20ClNO2S/c15-11-14-9-5-2-6-10-16(14)19(17,18)12-13-7-3-1-4-8-13/h1,3-4,7-8,14H,2,5-6,9-12H2. The number of nitrogens with zero attached hydrogens (tertiary/aromatic N) is 1. The van der Waals surface area contributed by atoms with E-state index in [0.717, 1.165) is 31.2 Å². The highest BCUT2D eigenvalue weighted by molar-refractivity contribution is 7.88. The van der Waals surface area contributed by atoms with Gasteiger partial charge in [0.1, 0.15) is 0 Å². The minimum atomic E-state index is -3.27. The van der Waals surface area contributed by atoms with E-state index in [4.69, 9.17) is 11.6 Å². The minimum Gasteiger partial charge on any atom is -0.212 e. The molecule has 1 heterocycles. The van der Waals surface area contributed by atoms with Crippen molar-refractivity contribution in [3.63, 3.8) is 0 Å². The van der Waals surface area contributed by atoms with E-state index in [1.807, 2.05) is 30.3 Å². The summed E-state index contributed by atoms with van der Waals surface area (Å²) in [4.78, 5) is 0. The zero-order valence-corrected chi connectivity index (χ0v) is 12.5. The smallest absolute Gasteiger partial charge is 0.212 e. The van der Waals surface area contributed by atoms with E-state index in [0.29, 0.717) is 12.4 Å². The van der Waals surface area contributed by atoms with Crippen LogP contribution in [0, 0.1) is 0 Å². The Morgan fingerprint density at radius 1 is 1.16 bits per heavy atom. The summed E-state index contributed by atoms with van der Waals surface area (Å²) in [5, 5.41) is 0. The first-order valence-corrected chi connectivity index (χ1v) is 8.87. The van der Waals surface area contributed by atoms with E-state index in [-0.39, 0.29) is 11.8 Å². The zero-order chi connectivity index (χ0) is 13.7. The first kappa shape index (κ1) is 14.8. The van der Waals surface area contributed by atoms with Crippen molar-refractivity contribution in [2.45, 2.75) is 37.5 Å². The average molecular weight is 302 g/mol. The minimum absolute atomic E-state index is 0.0436. The molecule has 1 saturated heterocycles. The lowest BCUT2D eigenvalue weighted by Gasteiger charge is -2.27. The van der Waals surface area contributed by atoms with Crippen LogP contribution in [0.15, 0.2) is 30.3 Å². The molecule has 1 fully saturated rings. The predicted molar refractivity (Wildman–Crippen MR) is 78.7 cm³/mol. The topological polar surface area (TPSA) is 37.4 Å². The van der Waals surface area contributed by atoms with Crippen molar-refractivity contribution < 1.29 is 8.42 Å². The van der Waals surface area contributed by atoms with Gasteiger partial charge in [0.25, 0.3) is 0 Å². The average Bonchev–Trinajstić information content (AvgIpc) is 2.64. The summed E-state index contributed by atoms with van der Waals surface area (Å²) >= 11 is 5.95. The molecule has 106 valence electrons. The van der Waals surface area contributed by atoms with Crippen LogP contribution in [-0.4, -0.2) is 31.2 Å². The quantitative estimate of drug-likeness (QED) is 0.802. The van der Waals surface area contributed by atoms with Crippen molar-refractivity contribution >= 4 is 21.6 Å². The Bertz CT molecular complexity index is 489. The second-order valence-corrected chi connectivity index (χ2v) is 7.24. The Labute approximate surface area is 120 Å². The summed E-state index contributed by atoms with van der Waals surface area (Å²) in [5.41, 5.74) is 0.833. The molecule has 1 atom stereocenters. The van der Waals surface area contributed by atoms with Crippen LogP contribution < -0.4 is 0 Å². The van der Waals surface area contributed by atoms with Crippen LogP contribution in [0.25, 0.3) is 0 Å². The molecule has 0 aliphatic carbocycles. The van der Waals surface area contributed by atoms with Gasteiger partial charge in [0.2, 0.25) is 10.0 Å². The largest absolute Gasteiger partial charge is 0.218 e. The summed E-state index contributed by atoms with van der Waals surface area (Å²) in [7, 11) is -3.27. The highest BCUT2D eigenvalue weighted by Crippen LogP contribution is 2.23. The molecule has 1 aromatic rings. The molecule has 3 nitrogen and oxygen atoms in total. The summed E-state index contributed by atoms with van der Waals surface area (Å²) in [6, 6.07) is 9.29. The molecule has 1 aliphatic rings. The van der Waals surface area contributed by atoms with Gasteiger partial charge in [-0.2, -0.15) is 4.31 Å². The van der Waals surface area contributed by atoms with Crippen LogP contribution in [0.3, 0.4) is 0 Å². The van der Waals surface area contributed by atoms with Gasteiger partial charge >= 0.3 is 0 Å². The van der Waals surface area contributed by atoms with Gasteiger partial charge in [-0.15, -0.1) is 11.6 Å². The second kappa shape index (κ2) is 6.73. The number of hydrogen-bond acceptors (Lipinski definition) is 2. The van der Waals surface area contributed by atoms with Gasteiger partial charge in [0, 0.05) is 18.5 Å². The fourth-order valence-electron chi connectivity index (χ4n) is 2.54. The van der Waals surface area contributed by atoms with Crippen LogP contribution in [0.4, 0.5) is 0 Å². The van der Waals surface area contributed by atoms with E-state index in [9.17, 15) is 8.42 Å². The highest BCUT2D eigenvalue weighted by Gasteiger charge is 2.30. The molecule has 0 saturated carbocycles. The third-order valence-electron chi connectivity index (χ3n) is 3.55. The maximum Gasteiger partial charge on any atom is 0.218 e. The molecule has 0 spiro atoms. The zero-order valence-electron chi connectivity index (χ0n) is 11.0. The number of halogens is 1. The fourth-order valence-corrected chi connectivity index (χ4v) is 4.76. The molecule has 19 heavy (non-hydrogen) atoms. The van der Waals surface area contributed by atoms with Gasteiger partial charge in [0.05, 0.1) is 5.75 Å². The first-order chi connectivity index (χ1) is 9.13. The number of rotatable bonds is 4. The SMILES string of the molecule is O=S(=O)(Cc1ccccc1)N1CCCCCC1CCl. The van der Waals surface area contributed by atoms with Crippen molar-refractivity contribution in [1.29, 1.82) is 0 Å². The molecule has 0 aromatic heterocycles. The van der Waals surface area contributed by atoms with E-state index in [1.165, 1.54) is 0 Å². The first-order valence-electron chi connectivity index (χ1n) is 6.73. The molecule has 1 aromatic carbocycles.